The number of rotatable bonds is 8. The summed E-state index contributed by atoms with van der Waals surface area (Å²) in [5, 5.41) is 18.8. The van der Waals surface area contributed by atoms with E-state index in [0.29, 0.717) is 0 Å². The molecule has 2 aliphatic carbocycles. The van der Waals surface area contributed by atoms with E-state index in [2.05, 4.69) is 0 Å². The van der Waals surface area contributed by atoms with Gasteiger partial charge in [-0.15, -0.1) is 0 Å². The zero-order valence-corrected chi connectivity index (χ0v) is 13.8. The molecule has 0 spiro atoms. The highest BCUT2D eigenvalue weighted by atomic mass is 16.4. The Kier molecular flexibility index (Phi) is 6.29. The number of hydrogen-bond donors (Lipinski definition) is 2. The lowest BCUT2D eigenvalue weighted by molar-refractivity contribution is -0.137. The minimum Gasteiger partial charge on any atom is -0.478 e. The molecule has 0 saturated heterocycles. The van der Waals surface area contributed by atoms with Crippen LogP contribution in [0, 0.1) is 11.8 Å². The first-order chi connectivity index (χ1) is 11.4. The van der Waals surface area contributed by atoms with E-state index in [-0.39, 0.29) is 23.4 Å². The van der Waals surface area contributed by atoms with Crippen molar-refractivity contribution in [2.45, 2.75) is 64.2 Å². The van der Waals surface area contributed by atoms with E-state index in [1.54, 1.807) is 0 Å². The lowest BCUT2D eigenvalue weighted by atomic mass is 9.90. The van der Waals surface area contributed by atoms with Gasteiger partial charge in [0, 0.05) is 24.7 Å². The van der Waals surface area contributed by atoms with E-state index in [1.165, 1.54) is 0 Å². The second-order valence-corrected chi connectivity index (χ2v) is 6.82. The summed E-state index contributed by atoms with van der Waals surface area (Å²) in [5.41, 5.74) is -0.850. The third-order valence-corrected chi connectivity index (χ3v) is 5.20. The largest absolute Gasteiger partial charge is 0.478 e. The van der Waals surface area contributed by atoms with Crippen molar-refractivity contribution in [1.29, 1.82) is 0 Å². The summed E-state index contributed by atoms with van der Waals surface area (Å²) in [6.07, 6.45) is 5.87. The van der Waals surface area contributed by atoms with Crippen LogP contribution >= 0.6 is 0 Å². The van der Waals surface area contributed by atoms with Crippen LogP contribution in [0.15, 0.2) is 11.1 Å². The Morgan fingerprint density at radius 2 is 0.917 bits per heavy atom. The van der Waals surface area contributed by atoms with Gasteiger partial charge in [-0.05, 0) is 25.7 Å². The van der Waals surface area contributed by atoms with Crippen LogP contribution < -0.4 is 0 Å². The molecule has 6 nitrogen and oxygen atoms in total. The molecule has 0 unspecified atom stereocenters. The summed E-state index contributed by atoms with van der Waals surface area (Å²) in [6, 6.07) is 0. The van der Waals surface area contributed by atoms with Crippen molar-refractivity contribution in [3.63, 3.8) is 0 Å². The van der Waals surface area contributed by atoms with Gasteiger partial charge in [0.1, 0.15) is 11.6 Å². The Balaban J connectivity index is 2.18. The van der Waals surface area contributed by atoms with Crippen molar-refractivity contribution in [3.8, 4) is 0 Å². The van der Waals surface area contributed by atoms with Crippen LogP contribution in [0.25, 0.3) is 0 Å². The van der Waals surface area contributed by atoms with E-state index >= 15 is 0 Å². The highest BCUT2D eigenvalue weighted by Crippen LogP contribution is 2.30. The fourth-order valence-electron chi connectivity index (χ4n) is 3.76. The number of carboxylic acids is 2. The molecule has 0 amide bonds. The smallest absolute Gasteiger partial charge is 0.332 e. The first-order valence-electron chi connectivity index (χ1n) is 8.64. The van der Waals surface area contributed by atoms with Gasteiger partial charge >= 0.3 is 11.9 Å². The maximum absolute atomic E-state index is 12.3. The Bertz CT molecular complexity index is 512. The molecular formula is C18H24O6. The van der Waals surface area contributed by atoms with Gasteiger partial charge in [-0.2, -0.15) is 0 Å². The summed E-state index contributed by atoms with van der Waals surface area (Å²) >= 11 is 0. The van der Waals surface area contributed by atoms with Crippen molar-refractivity contribution in [2.24, 2.45) is 11.8 Å². The van der Waals surface area contributed by atoms with Gasteiger partial charge in [-0.25, -0.2) is 9.59 Å². The lowest BCUT2D eigenvalue weighted by Crippen LogP contribution is -2.21. The SMILES string of the molecule is O=C(O)/C(CC(=O)C1CCCC1)=C(\CC(=O)C1CCCC1)C(=O)O. The number of hydrogen-bond acceptors (Lipinski definition) is 4. The molecule has 0 aromatic heterocycles. The molecule has 0 radical (unpaired) electrons. The maximum atomic E-state index is 12.3. The lowest BCUT2D eigenvalue weighted by Gasteiger charge is -2.13. The van der Waals surface area contributed by atoms with Crippen molar-refractivity contribution in [3.05, 3.63) is 11.1 Å². The highest BCUT2D eigenvalue weighted by Gasteiger charge is 2.31. The molecule has 2 saturated carbocycles. The average molecular weight is 336 g/mol. The molecule has 132 valence electrons. The van der Waals surface area contributed by atoms with E-state index < -0.39 is 35.9 Å². The fraction of sp³-hybridized carbons (Fsp3) is 0.667. The molecule has 0 heterocycles. The van der Waals surface area contributed by atoms with Gasteiger partial charge in [0.2, 0.25) is 0 Å². The summed E-state index contributed by atoms with van der Waals surface area (Å²) in [6.45, 7) is 0. The normalized spacial score (nSPS) is 20.0. The van der Waals surface area contributed by atoms with Crippen molar-refractivity contribution < 1.29 is 29.4 Å². The van der Waals surface area contributed by atoms with Crippen LogP contribution in [0.1, 0.15) is 64.2 Å². The molecule has 2 N–H and O–H groups in total. The molecule has 2 fully saturated rings. The maximum Gasteiger partial charge on any atom is 0.332 e. The molecule has 24 heavy (non-hydrogen) atoms. The van der Waals surface area contributed by atoms with Gasteiger partial charge in [0.25, 0.3) is 0 Å². The molecule has 0 atom stereocenters. The Labute approximate surface area is 140 Å². The molecule has 0 aromatic carbocycles. The van der Waals surface area contributed by atoms with Crippen LogP contribution in [0.5, 0.6) is 0 Å². The molecule has 0 aromatic rings. The first kappa shape index (κ1) is 18.4. The predicted octanol–water partition coefficient (Wildman–Crippen LogP) is 2.75. The minimum atomic E-state index is -1.42. The third kappa shape index (κ3) is 4.52. The Hall–Kier alpha value is -1.98. The monoisotopic (exact) mass is 336 g/mol. The van der Waals surface area contributed by atoms with Crippen molar-refractivity contribution in [1.82, 2.24) is 0 Å². The number of carboxylic acid groups (broad SMARTS) is 2. The first-order valence-corrected chi connectivity index (χ1v) is 8.64. The molecule has 6 heteroatoms. The third-order valence-electron chi connectivity index (χ3n) is 5.20. The van der Waals surface area contributed by atoms with E-state index in [4.69, 9.17) is 0 Å². The number of carbonyl (C=O) groups excluding carboxylic acids is 2. The van der Waals surface area contributed by atoms with Crippen molar-refractivity contribution >= 4 is 23.5 Å². The Morgan fingerprint density at radius 1 is 0.625 bits per heavy atom. The highest BCUT2D eigenvalue weighted by molar-refractivity contribution is 6.05. The Morgan fingerprint density at radius 3 is 1.17 bits per heavy atom. The molecular weight excluding hydrogens is 312 g/mol. The average Bonchev–Trinajstić information content (AvgIpc) is 3.22. The van der Waals surface area contributed by atoms with Gasteiger partial charge in [-0.3, -0.25) is 9.59 Å². The van der Waals surface area contributed by atoms with Crippen LogP contribution in [-0.2, 0) is 19.2 Å². The standard InChI is InChI=1S/C18H24O6/c19-15(11-5-1-2-6-11)9-13(17(21)22)14(18(23)24)10-16(20)12-7-3-4-8-12/h11-12H,1-10H2,(H,21,22)(H,23,24)/b14-13+. The fourth-order valence-corrected chi connectivity index (χ4v) is 3.76. The van der Waals surface area contributed by atoms with Crippen LogP contribution in [0.2, 0.25) is 0 Å². The summed E-state index contributed by atoms with van der Waals surface area (Å²) in [4.78, 5) is 47.5. The zero-order valence-electron chi connectivity index (χ0n) is 13.8. The zero-order chi connectivity index (χ0) is 17.7. The minimum absolute atomic E-state index is 0.181. The molecule has 2 aliphatic rings. The summed E-state index contributed by atoms with van der Waals surface area (Å²) in [7, 11) is 0. The van der Waals surface area contributed by atoms with Crippen LogP contribution in [0.4, 0.5) is 0 Å². The number of carbonyl (C=O) groups is 4. The van der Waals surface area contributed by atoms with Crippen LogP contribution in [-0.4, -0.2) is 33.7 Å². The van der Waals surface area contributed by atoms with E-state index in [0.717, 1.165) is 51.4 Å². The summed E-state index contributed by atoms with van der Waals surface area (Å²) < 4.78 is 0. The second-order valence-electron chi connectivity index (χ2n) is 6.82. The molecule has 0 bridgehead atoms. The number of Topliss-reactive ketones (excluding diaryl/α,β-unsaturated/α-hetero) is 2. The number of ketones is 2. The predicted molar refractivity (Wildman–Crippen MR) is 85.5 cm³/mol. The van der Waals surface area contributed by atoms with Gasteiger partial charge in [-0.1, -0.05) is 25.7 Å². The summed E-state index contributed by atoms with van der Waals surface area (Å²) in [5.74, 6) is -3.65. The molecule has 2 rings (SSSR count). The van der Waals surface area contributed by atoms with Gasteiger partial charge in [0.05, 0.1) is 11.1 Å². The number of aliphatic carboxylic acids is 2. The van der Waals surface area contributed by atoms with Crippen LogP contribution in [0.3, 0.4) is 0 Å². The van der Waals surface area contributed by atoms with E-state index in [1.807, 2.05) is 0 Å². The van der Waals surface area contributed by atoms with E-state index in [9.17, 15) is 29.4 Å². The molecule has 0 aliphatic heterocycles. The second kappa shape index (κ2) is 8.22. The quantitative estimate of drug-likeness (QED) is 0.660. The van der Waals surface area contributed by atoms with Gasteiger partial charge < -0.3 is 10.2 Å². The van der Waals surface area contributed by atoms with Crippen molar-refractivity contribution in [2.75, 3.05) is 0 Å². The topological polar surface area (TPSA) is 109 Å². The van der Waals surface area contributed by atoms with Gasteiger partial charge in [0.15, 0.2) is 0 Å².